The van der Waals surface area contributed by atoms with Gasteiger partial charge in [-0.1, -0.05) is 12.8 Å². The Morgan fingerprint density at radius 2 is 1.69 bits per heavy atom. The number of nitrogens with two attached hydrogens (primary N) is 1. The molecule has 1 atom stereocenters. The molecule has 1 aromatic rings. The normalized spacial score (nSPS) is 18.9. The maximum Gasteiger partial charge on any atom is 0.126 e. The van der Waals surface area contributed by atoms with Crippen LogP contribution >= 0.6 is 0 Å². The van der Waals surface area contributed by atoms with Crippen molar-refractivity contribution < 1.29 is 8.78 Å². The maximum absolute atomic E-state index is 13.0. The van der Waals surface area contributed by atoms with Crippen molar-refractivity contribution in [3.63, 3.8) is 0 Å². The molecule has 0 radical (unpaired) electrons. The molecule has 0 amide bonds. The molecule has 1 aromatic carbocycles. The second-order valence-corrected chi connectivity index (χ2v) is 4.69. The van der Waals surface area contributed by atoms with Gasteiger partial charge in [0.15, 0.2) is 0 Å². The van der Waals surface area contributed by atoms with Crippen molar-refractivity contribution in [1.82, 2.24) is 0 Å². The topological polar surface area (TPSA) is 26.0 Å². The highest BCUT2D eigenvalue weighted by Gasteiger charge is 2.22. The molecule has 3 heteroatoms. The SMILES string of the molecule is NC(Cc1cc(F)cc(F)c1)C1CCCC1. The van der Waals surface area contributed by atoms with Crippen molar-refractivity contribution in [1.29, 1.82) is 0 Å². The fraction of sp³-hybridized carbons (Fsp3) is 0.538. The first-order valence-corrected chi connectivity index (χ1v) is 5.85. The molecule has 0 spiro atoms. The quantitative estimate of drug-likeness (QED) is 0.840. The number of hydrogen-bond donors (Lipinski definition) is 1. The van der Waals surface area contributed by atoms with Crippen molar-refractivity contribution in [2.75, 3.05) is 0 Å². The highest BCUT2D eigenvalue weighted by atomic mass is 19.1. The number of hydrogen-bond acceptors (Lipinski definition) is 1. The van der Waals surface area contributed by atoms with E-state index < -0.39 is 11.6 Å². The van der Waals surface area contributed by atoms with Crippen molar-refractivity contribution in [3.8, 4) is 0 Å². The van der Waals surface area contributed by atoms with Crippen LogP contribution < -0.4 is 5.73 Å². The van der Waals surface area contributed by atoms with Crippen LogP contribution in [0.1, 0.15) is 31.2 Å². The van der Waals surface area contributed by atoms with E-state index in [1.54, 1.807) is 0 Å². The van der Waals surface area contributed by atoms with Gasteiger partial charge in [-0.25, -0.2) is 8.78 Å². The van der Waals surface area contributed by atoms with E-state index in [1.165, 1.54) is 25.0 Å². The highest BCUT2D eigenvalue weighted by molar-refractivity contribution is 5.19. The second-order valence-electron chi connectivity index (χ2n) is 4.69. The van der Waals surface area contributed by atoms with Crippen LogP contribution in [0.4, 0.5) is 8.78 Å². The zero-order chi connectivity index (χ0) is 11.5. The molecule has 1 aliphatic rings. The molecule has 16 heavy (non-hydrogen) atoms. The van der Waals surface area contributed by atoms with Crippen LogP contribution in [0.5, 0.6) is 0 Å². The number of rotatable bonds is 3. The first kappa shape index (κ1) is 11.5. The van der Waals surface area contributed by atoms with Gasteiger partial charge in [0.2, 0.25) is 0 Å². The summed E-state index contributed by atoms with van der Waals surface area (Å²) >= 11 is 0. The molecule has 1 fully saturated rings. The number of benzene rings is 1. The van der Waals surface area contributed by atoms with Gasteiger partial charge < -0.3 is 5.73 Å². The minimum absolute atomic E-state index is 0.0312. The molecule has 0 heterocycles. The van der Waals surface area contributed by atoms with Crippen LogP contribution in [0.2, 0.25) is 0 Å². The zero-order valence-corrected chi connectivity index (χ0v) is 9.26. The van der Waals surface area contributed by atoms with E-state index in [0.29, 0.717) is 17.9 Å². The lowest BCUT2D eigenvalue weighted by Gasteiger charge is -2.18. The molecule has 88 valence electrons. The fourth-order valence-corrected chi connectivity index (χ4v) is 2.55. The summed E-state index contributed by atoms with van der Waals surface area (Å²) in [5.74, 6) is -0.520. The van der Waals surface area contributed by atoms with Gasteiger partial charge in [-0.15, -0.1) is 0 Å². The maximum atomic E-state index is 13.0. The summed E-state index contributed by atoms with van der Waals surface area (Å²) in [6.07, 6.45) is 5.34. The van der Waals surface area contributed by atoms with Crippen LogP contribution in [0, 0.1) is 17.6 Å². The molecular weight excluding hydrogens is 208 g/mol. The first-order chi connectivity index (χ1) is 7.65. The Hall–Kier alpha value is -0.960. The van der Waals surface area contributed by atoms with Gasteiger partial charge in [0, 0.05) is 12.1 Å². The minimum Gasteiger partial charge on any atom is -0.327 e. The van der Waals surface area contributed by atoms with Gasteiger partial charge in [-0.3, -0.25) is 0 Å². The molecule has 0 saturated heterocycles. The summed E-state index contributed by atoms with van der Waals surface area (Å²) < 4.78 is 25.9. The van der Waals surface area contributed by atoms with Gasteiger partial charge in [0.25, 0.3) is 0 Å². The van der Waals surface area contributed by atoms with Gasteiger partial charge in [-0.05, 0) is 42.9 Å². The van der Waals surface area contributed by atoms with E-state index in [9.17, 15) is 8.78 Å². The molecule has 0 bridgehead atoms. The van der Waals surface area contributed by atoms with E-state index in [0.717, 1.165) is 18.9 Å². The average Bonchev–Trinajstić information content (AvgIpc) is 2.68. The lowest BCUT2D eigenvalue weighted by Crippen LogP contribution is -2.30. The van der Waals surface area contributed by atoms with E-state index >= 15 is 0 Å². The predicted molar refractivity (Wildman–Crippen MR) is 60.0 cm³/mol. The van der Waals surface area contributed by atoms with Crippen LogP contribution in [0.3, 0.4) is 0 Å². The Kier molecular flexibility index (Phi) is 3.54. The van der Waals surface area contributed by atoms with Crippen molar-refractivity contribution >= 4 is 0 Å². The lowest BCUT2D eigenvalue weighted by atomic mass is 9.93. The monoisotopic (exact) mass is 225 g/mol. The Morgan fingerprint density at radius 3 is 2.25 bits per heavy atom. The zero-order valence-electron chi connectivity index (χ0n) is 9.26. The molecule has 1 nitrogen and oxygen atoms in total. The second kappa shape index (κ2) is 4.91. The third-order valence-corrected chi connectivity index (χ3v) is 3.40. The van der Waals surface area contributed by atoms with E-state index in [-0.39, 0.29) is 6.04 Å². The summed E-state index contributed by atoms with van der Waals surface area (Å²) in [5, 5.41) is 0. The average molecular weight is 225 g/mol. The van der Waals surface area contributed by atoms with Crippen LogP contribution in [0.15, 0.2) is 18.2 Å². The van der Waals surface area contributed by atoms with E-state index in [2.05, 4.69) is 0 Å². The Balaban J connectivity index is 2.02. The van der Waals surface area contributed by atoms with E-state index in [1.807, 2.05) is 0 Å². The van der Waals surface area contributed by atoms with Gasteiger partial charge in [0.05, 0.1) is 0 Å². The van der Waals surface area contributed by atoms with Crippen LogP contribution in [0.25, 0.3) is 0 Å². The summed E-state index contributed by atoms with van der Waals surface area (Å²) in [6, 6.07) is 3.67. The molecule has 2 N–H and O–H groups in total. The minimum atomic E-state index is -0.520. The summed E-state index contributed by atoms with van der Waals surface area (Å²) in [7, 11) is 0. The molecule has 1 unspecified atom stereocenters. The number of halogens is 2. The summed E-state index contributed by atoms with van der Waals surface area (Å²) in [4.78, 5) is 0. The Morgan fingerprint density at radius 1 is 1.12 bits per heavy atom. The molecule has 1 aliphatic carbocycles. The molecule has 0 aromatic heterocycles. The van der Waals surface area contributed by atoms with E-state index in [4.69, 9.17) is 5.73 Å². The first-order valence-electron chi connectivity index (χ1n) is 5.85. The van der Waals surface area contributed by atoms with Gasteiger partial charge in [0.1, 0.15) is 11.6 Å². The smallest absolute Gasteiger partial charge is 0.126 e. The molecule has 0 aliphatic heterocycles. The van der Waals surface area contributed by atoms with Crippen molar-refractivity contribution in [2.24, 2.45) is 11.7 Å². The van der Waals surface area contributed by atoms with Crippen molar-refractivity contribution in [3.05, 3.63) is 35.4 Å². The lowest BCUT2D eigenvalue weighted by molar-refractivity contribution is 0.428. The molecule has 2 rings (SSSR count). The van der Waals surface area contributed by atoms with Gasteiger partial charge in [-0.2, -0.15) is 0 Å². The standard InChI is InChI=1S/C13H17F2N/c14-11-5-9(6-12(15)8-11)7-13(16)10-3-1-2-4-10/h5-6,8,10,13H,1-4,7,16H2. The third kappa shape index (κ3) is 2.79. The summed E-state index contributed by atoms with van der Waals surface area (Å²) in [5.41, 5.74) is 6.73. The fourth-order valence-electron chi connectivity index (χ4n) is 2.55. The third-order valence-electron chi connectivity index (χ3n) is 3.40. The molecule has 1 saturated carbocycles. The van der Waals surface area contributed by atoms with Gasteiger partial charge >= 0.3 is 0 Å². The van der Waals surface area contributed by atoms with Crippen molar-refractivity contribution in [2.45, 2.75) is 38.1 Å². The van der Waals surface area contributed by atoms with Crippen LogP contribution in [-0.2, 0) is 6.42 Å². The highest BCUT2D eigenvalue weighted by Crippen LogP contribution is 2.28. The predicted octanol–water partition coefficient (Wildman–Crippen LogP) is 3.02. The van der Waals surface area contributed by atoms with Crippen LogP contribution in [-0.4, -0.2) is 6.04 Å². The Bertz CT molecular complexity index is 339. The Labute approximate surface area is 94.7 Å². The largest absolute Gasteiger partial charge is 0.327 e. The summed E-state index contributed by atoms with van der Waals surface area (Å²) in [6.45, 7) is 0. The molecular formula is C13H17F2N.